The number of carbonyl (C=O) groups excluding carboxylic acids is 1. The Kier molecular flexibility index (Phi) is 3.83. The maximum Gasteiger partial charge on any atom is 0.253 e. The summed E-state index contributed by atoms with van der Waals surface area (Å²) in [5.74, 6) is -0.0526. The van der Waals surface area contributed by atoms with E-state index < -0.39 is 0 Å². The minimum atomic E-state index is -0.0526. The van der Waals surface area contributed by atoms with E-state index in [4.69, 9.17) is 0 Å². The predicted molar refractivity (Wildman–Crippen MR) is 81.7 cm³/mol. The number of aromatic nitrogens is 1. The summed E-state index contributed by atoms with van der Waals surface area (Å²) < 4.78 is 0.819. The van der Waals surface area contributed by atoms with Crippen molar-refractivity contribution >= 4 is 21.8 Å². The van der Waals surface area contributed by atoms with E-state index in [-0.39, 0.29) is 11.9 Å². The zero-order chi connectivity index (χ0) is 13.9. The molecule has 1 aliphatic rings. The highest BCUT2D eigenvalue weighted by Crippen LogP contribution is 2.21. The number of hydrogen-bond donors (Lipinski definition) is 1. The third kappa shape index (κ3) is 2.90. The first-order chi connectivity index (χ1) is 9.72. The van der Waals surface area contributed by atoms with Crippen LogP contribution in [0.2, 0.25) is 0 Å². The first kappa shape index (κ1) is 13.3. The lowest BCUT2D eigenvalue weighted by Crippen LogP contribution is -2.38. The van der Waals surface area contributed by atoms with Gasteiger partial charge in [0.15, 0.2) is 0 Å². The number of aryl methyl sites for hydroxylation is 1. The van der Waals surface area contributed by atoms with Crippen molar-refractivity contribution in [2.45, 2.75) is 25.3 Å². The summed E-state index contributed by atoms with van der Waals surface area (Å²) in [6.07, 6.45) is 6.19. The molecule has 102 valence electrons. The molecule has 0 bridgehead atoms. The van der Waals surface area contributed by atoms with Gasteiger partial charge >= 0.3 is 0 Å². The molecule has 3 nitrogen and oxygen atoms in total. The van der Waals surface area contributed by atoms with Crippen LogP contribution in [0.15, 0.2) is 47.2 Å². The zero-order valence-corrected chi connectivity index (χ0v) is 12.6. The largest absolute Gasteiger partial charge is 0.349 e. The topological polar surface area (TPSA) is 42.0 Å². The maximum atomic E-state index is 12.2. The van der Waals surface area contributed by atoms with Crippen LogP contribution in [0.5, 0.6) is 0 Å². The molecule has 0 radical (unpaired) electrons. The molecule has 1 atom stereocenters. The third-order valence-electron chi connectivity index (χ3n) is 3.65. The van der Waals surface area contributed by atoms with Crippen LogP contribution in [0.25, 0.3) is 0 Å². The van der Waals surface area contributed by atoms with Crippen molar-refractivity contribution < 1.29 is 4.79 Å². The van der Waals surface area contributed by atoms with Crippen molar-refractivity contribution in [1.82, 2.24) is 10.3 Å². The fourth-order valence-electron chi connectivity index (χ4n) is 2.63. The van der Waals surface area contributed by atoms with Crippen LogP contribution in [-0.2, 0) is 12.8 Å². The summed E-state index contributed by atoms with van der Waals surface area (Å²) in [5.41, 5.74) is 3.34. The molecular formula is C16H15BrN2O. The van der Waals surface area contributed by atoms with Gasteiger partial charge in [0, 0.05) is 22.9 Å². The standard InChI is InChI=1S/C16H15BrN2O/c17-14-7-13(9-18-10-14)16(20)19-15-6-5-11-3-1-2-4-12(11)8-15/h1-4,7,9-10,15H,5-6,8H2,(H,19,20). The number of pyridine rings is 1. The van der Waals surface area contributed by atoms with Gasteiger partial charge in [0.05, 0.1) is 5.56 Å². The normalized spacial score (nSPS) is 17.4. The van der Waals surface area contributed by atoms with Gasteiger partial charge in [-0.3, -0.25) is 9.78 Å². The van der Waals surface area contributed by atoms with Gasteiger partial charge in [0.1, 0.15) is 0 Å². The maximum absolute atomic E-state index is 12.2. The SMILES string of the molecule is O=C(NC1CCc2ccccc2C1)c1cncc(Br)c1. The smallest absolute Gasteiger partial charge is 0.253 e. The van der Waals surface area contributed by atoms with Gasteiger partial charge in [0.25, 0.3) is 5.91 Å². The lowest BCUT2D eigenvalue weighted by atomic mass is 9.88. The molecule has 1 heterocycles. The fourth-order valence-corrected chi connectivity index (χ4v) is 2.99. The van der Waals surface area contributed by atoms with Crippen molar-refractivity contribution in [2.24, 2.45) is 0 Å². The minimum absolute atomic E-state index is 0.0526. The number of hydrogen-bond acceptors (Lipinski definition) is 2. The van der Waals surface area contributed by atoms with Crippen molar-refractivity contribution in [2.75, 3.05) is 0 Å². The molecule has 1 aliphatic carbocycles. The fraction of sp³-hybridized carbons (Fsp3) is 0.250. The van der Waals surface area contributed by atoms with Crippen LogP contribution in [0.1, 0.15) is 27.9 Å². The second kappa shape index (κ2) is 5.75. The van der Waals surface area contributed by atoms with E-state index in [1.54, 1.807) is 18.5 Å². The Hall–Kier alpha value is -1.68. The number of rotatable bonds is 2. The van der Waals surface area contributed by atoms with Gasteiger partial charge < -0.3 is 5.32 Å². The van der Waals surface area contributed by atoms with Crippen molar-refractivity contribution in [1.29, 1.82) is 0 Å². The number of nitrogens with one attached hydrogen (secondary N) is 1. The Morgan fingerprint density at radius 1 is 1.25 bits per heavy atom. The number of carbonyl (C=O) groups is 1. The molecule has 4 heteroatoms. The van der Waals surface area contributed by atoms with Crippen LogP contribution < -0.4 is 5.32 Å². The second-order valence-electron chi connectivity index (χ2n) is 5.07. The lowest BCUT2D eigenvalue weighted by molar-refractivity contribution is 0.0933. The molecule has 1 N–H and O–H groups in total. The van der Waals surface area contributed by atoms with Gasteiger partial charge in [-0.05, 0) is 52.4 Å². The van der Waals surface area contributed by atoms with Crippen LogP contribution in [-0.4, -0.2) is 16.9 Å². The summed E-state index contributed by atoms with van der Waals surface area (Å²) in [4.78, 5) is 16.2. The highest BCUT2D eigenvalue weighted by molar-refractivity contribution is 9.10. The third-order valence-corrected chi connectivity index (χ3v) is 4.08. The van der Waals surface area contributed by atoms with Crippen molar-refractivity contribution in [3.63, 3.8) is 0 Å². The average molecular weight is 331 g/mol. The number of fused-ring (bicyclic) bond motifs is 1. The average Bonchev–Trinajstić information content (AvgIpc) is 2.47. The van der Waals surface area contributed by atoms with Crippen molar-refractivity contribution in [3.8, 4) is 0 Å². The molecule has 0 saturated heterocycles. The molecule has 1 aromatic carbocycles. The van der Waals surface area contributed by atoms with Crippen LogP contribution in [0.4, 0.5) is 0 Å². The lowest BCUT2D eigenvalue weighted by Gasteiger charge is -2.25. The summed E-state index contributed by atoms with van der Waals surface area (Å²) >= 11 is 3.33. The number of benzene rings is 1. The van der Waals surface area contributed by atoms with E-state index >= 15 is 0 Å². The molecule has 0 fully saturated rings. The molecule has 1 aromatic heterocycles. The molecule has 0 spiro atoms. The zero-order valence-electron chi connectivity index (χ0n) is 11.0. The molecule has 20 heavy (non-hydrogen) atoms. The summed E-state index contributed by atoms with van der Waals surface area (Å²) in [6.45, 7) is 0. The van der Waals surface area contributed by atoms with Crippen LogP contribution in [0.3, 0.4) is 0 Å². The van der Waals surface area contributed by atoms with Crippen molar-refractivity contribution in [3.05, 3.63) is 63.9 Å². The molecule has 0 aliphatic heterocycles. The first-order valence-electron chi connectivity index (χ1n) is 6.70. The van der Waals surface area contributed by atoms with E-state index in [0.717, 1.165) is 23.7 Å². The van der Waals surface area contributed by atoms with Gasteiger partial charge in [-0.15, -0.1) is 0 Å². The van der Waals surface area contributed by atoms with Gasteiger partial charge in [0.2, 0.25) is 0 Å². The predicted octanol–water partition coefficient (Wildman–Crippen LogP) is 3.13. The quantitative estimate of drug-likeness (QED) is 0.919. The van der Waals surface area contributed by atoms with Gasteiger partial charge in [-0.2, -0.15) is 0 Å². The Morgan fingerprint density at radius 3 is 2.85 bits per heavy atom. The first-order valence-corrected chi connectivity index (χ1v) is 7.50. The molecule has 2 aromatic rings. The molecular weight excluding hydrogens is 316 g/mol. The van der Waals surface area contributed by atoms with Gasteiger partial charge in [-0.1, -0.05) is 24.3 Å². The molecule has 3 rings (SSSR count). The van der Waals surface area contributed by atoms with E-state index in [9.17, 15) is 4.79 Å². The molecule has 1 unspecified atom stereocenters. The highest BCUT2D eigenvalue weighted by atomic mass is 79.9. The second-order valence-corrected chi connectivity index (χ2v) is 5.99. The van der Waals surface area contributed by atoms with E-state index in [1.165, 1.54) is 11.1 Å². The summed E-state index contributed by atoms with van der Waals surface area (Å²) in [7, 11) is 0. The Morgan fingerprint density at radius 2 is 2.05 bits per heavy atom. The summed E-state index contributed by atoms with van der Waals surface area (Å²) in [6, 6.07) is 10.4. The Bertz CT molecular complexity index is 642. The number of amides is 1. The Labute approximate surface area is 126 Å². The summed E-state index contributed by atoms with van der Waals surface area (Å²) in [5, 5.41) is 3.10. The number of halogens is 1. The van der Waals surface area contributed by atoms with E-state index in [1.807, 2.05) is 0 Å². The highest BCUT2D eigenvalue weighted by Gasteiger charge is 2.20. The number of nitrogens with zero attached hydrogens (tertiary/aromatic N) is 1. The molecule has 0 saturated carbocycles. The monoisotopic (exact) mass is 330 g/mol. The molecule has 1 amide bonds. The van der Waals surface area contributed by atoms with Crippen LogP contribution in [0, 0.1) is 0 Å². The Balaban J connectivity index is 1.69. The van der Waals surface area contributed by atoms with Crippen LogP contribution >= 0.6 is 15.9 Å². The van der Waals surface area contributed by atoms with E-state index in [0.29, 0.717) is 5.56 Å². The van der Waals surface area contributed by atoms with Gasteiger partial charge in [-0.25, -0.2) is 0 Å². The van der Waals surface area contributed by atoms with E-state index in [2.05, 4.69) is 50.5 Å². The minimum Gasteiger partial charge on any atom is -0.349 e.